The largest absolute Gasteiger partial charge is 0.355 e. The van der Waals surface area contributed by atoms with E-state index in [1.54, 1.807) is 11.3 Å². The molecule has 2 amide bonds. The first kappa shape index (κ1) is 15.8. The smallest absolute Gasteiger partial charge is 0.240 e. The lowest BCUT2D eigenvalue weighted by Gasteiger charge is -2.19. The molecule has 2 N–H and O–H groups in total. The number of nitrogens with zero attached hydrogens (tertiary/aromatic N) is 1. The summed E-state index contributed by atoms with van der Waals surface area (Å²) < 4.78 is 0. The van der Waals surface area contributed by atoms with Crippen molar-refractivity contribution >= 4 is 34.9 Å². The topological polar surface area (TPSA) is 61.4 Å². The molecular weight excluding hydrogens is 318 g/mol. The molecule has 2 unspecified atom stereocenters. The van der Waals surface area contributed by atoms with Crippen LogP contribution in [0.3, 0.4) is 0 Å². The summed E-state index contributed by atoms with van der Waals surface area (Å²) in [6, 6.07) is 3.86. The van der Waals surface area contributed by atoms with Crippen molar-refractivity contribution in [3.63, 3.8) is 0 Å². The Morgan fingerprint density at radius 2 is 2.36 bits per heavy atom. The van der Waals surface area contributed by atoms with E-state index < -0.39 is 0 Å². The standard InChI is InChI=1S/C15H21N3O2S2/c19-14(7-12-2-1-4-22-12)17-9-11-6-13(16-8-11)15(20)18-3-5-21-10-18/h1-2,4,11,13,16H,3,5-10H2,(H,17,19). The van der Waals surface area contributed by atoms with Gasteiger partial charge in [-0.3, -0.25) is 9.59 Å². The van der Waals surface area contributed by atoms with Crippen LogP contribution in [0.1, 0.15) is 11.3 Å². The van der Waals surface area contributed by atoms with Gasteiger partial charge < -0.3 is 15.5 Å². The number of carbonyl (C=O) groups excluding carboxylic acids is 2. The molecule has 2 aliphatic rings. The number of hydrogen-bond donors (Lipinski definition) is 2. The van der Waals surface area contributed by atoms with Crippen LogP contribution >= 0.6 is 23.1 Å². The van der Waals surface area contributed by atoms with Crippen LogP contribution in [-0.4, -0.2) is 54.0 Å². The van der Waals surface area contributed by atoms with E-state index in [9.17, 15) is 9.59 Å². The lowest BCUT2D eigenvalue weighted by atomic mass is 10.0. The minimum Gasteiger partial charge on any atom is -0.355 e. The quantitative estimate of drug-likeness (QED) is 0.837. The van der Waals surface area contributed by atoms with E-state index in [0.717, 1.165) is 36.0 Å². The van der Waals surface area contributed by atoms with Crippen LogP contribution in [0, 0.1) is 5.92 Å². The number of nitrogens with one attached hydrogen (secondary N) is 2. The summed E-state index contributed by atoms with van der Waals surface area (Å²) in [7, 11) is 0. The van der Waals surface area contributed by atoms with Crippen LogP contribution in [0.25, 0.3) is 0 Å². The normalized spacial score (nSPS) is 24.6. The van der Waals surface area contributed by atoms with Gasteiger partial charge >= 0.3 is 0 Å². The minimum absolute atomic E-state index is 0.0631. The van der Waals surface area contributed by atoms with E-state index in [-0.39, 0.29) is 17.9 Å². The lowest BCUT2D eigenvalue weighted by Crippen LogP contribution is -2.42. The van der Waals surface area contributed by atoms with Gasteiger partial charge in [-0.25, -0.2) is 0 Å². The van der Waals surface area contributed by atoms with E-state index in [0.29, 0.717) is 18.9 Å². The molecule has 0 aliphatic carbocycles. The number of thioether (sulfide) groups is 1. The molecule has 0 radical (unpaired) electrons. The third kappa shape index (κ3) is 4.02. The average molecular weight is 339 g/mol. The highest BCUT2D eigenvalue weighted by atomic mass is 32.2. The van der Waals surface area contributed by atoms with Crippen LogP contribution < -0.4 is 10.6 Å². The highest BCUT2D eigenvalue weighted by molar-refractivity contribution is 7.99. The molecule has 0 saturated carbocycles. The Labute approximate surface area is 138 Å². The third-order valence-corrected chi connectivity index (χ3v) is 5.93. The fourth-order valence-corrected chi connectivity index (χ4v) is 4.51. The SMILES string of the molecule is O=C(Cc1cccs1)NCC1CNC(C(=O)N2CCSC2)C1. The van der Waals surface area contributed by atoms with Crippen molar-refractivity contribution in [2.24, 2.45) is 5.92 Å². The number of amides is 2. The molecule has 2 aliphatic heterocycles. The molecule has 3 heterocycles. The molecule has 1 aromatic rings. The molecule has 1 aromatic heterocycles. The maximum Gasteiger partial charge on any atom is 0.240 e. The van der Waals surface area contributed by atoms with Gasteiger partial charge in [0.25, 0.3) is 0 Å². The third-order valence-electron chi connectivity index (χ3n) is 4.09. The van der Waals surface area contributed by atoms with Gasteiger partial charge in [0.05, 0.1) is 18.3 Å². The summed E-state index contributed by atoms with van der Waals surface area (Å²) in [6.45, 7) is 2.32. The van der Waals surface area contributed by atoms with Gasteiger partial charge in [-0.2, -0.15) is 0 Å². The zero-order valence-electron chi connectivity index (χ0n) is 12.4. The first-order valence-corrected chi connectivity index (χ1v) is 9.65. The Balaban J connectivity index is 1.39. The maximum absolute atomic E-state index is 12.3. The van der Waals surface area contributed by atoms with Crippen molar-refractivity contribution in [2.75, 3.05) is 31.3 Å². The molecule has 0 spiro atoms. The second-order valence-corrected chi connectivity index (χ2v) is 7.87. The van der Waals surface area contributed by atoms with Gasteiger partial charge in [0.1, 0.15) is 0 Å². The average Bonchev–Trinajstić information content (AvgIpc) is 3.26. The number of carbonyl (C=O) groups is 2. The van der Waals surface area contributed by atoms with Crippen molar-refractivity contribution in [3.05, 3.63) is 22.4 Å². The zero-order chi connectivity index (χ0) is 15.4. The van der Waals surface area contributed by atoms with Crippen LogP contribution in [0.5, 0.6) is 0 Å². The Kier molecular flexibility index (Phi) is 5.38. The first-order valence-electron chi connectivity index (χ1n) is 7.61. The van der Waals surface area contributed by atoms with Gasteiger partial charge in [0.15, 0.2) is 0 Å². The fourth-order valence-electron chi connectivity index (χ4n) is 2.85. The summed E-state index contributed by atoms with van der Waals surface area (Å²) >= 11 is 3.41. The van der Waals surface area contributed by atoms with E-state index in [2.05, 4.69) is 10.6 Å². The molecule has 2 fully saturated rings. The van der Waals surface area contributed by atoms with Crippen molar-refractivity contribution in [2.45, 2.75) is 18.9 Å². The molecule has 0 bridgehead atoms. The van der Waals surface area contributed by atoms with Crippen LogP contribution in [-0.2, 0) is 16.0 Å². The summed E-state index contributed by atoms with van der Waals surface area (Å²) in [5.74, 6) is 2.49. The van der Waals surface area contributed by atoms with Crippen molar-refractivity contribution in [1.82, 2.24) is 15.5 Å². The molecular formula is C15H21N3O2S2. The molecule has 3 rings (SSSR count). The van der Waals surface area contributed by atoms with Crippen molar-refractivity contribution < 1.29 is 9.59 Å². The van der Waals surface area contributed by atoms with E-state index in [1.165, 1.54) is 0 Å². The summed E-state index contributed by atoms with van der Waals surface area (Å²) in [5, 5.41) is 8.28. The predicted octanol–water partition coefficient (Wildman–Crippen LogP) is 0.918. The summed E-state index contributed by atoms with van der Waals surface area (Å²) in [5.41, 5.74) is 0. The Morgan fingerprint density at radius 3 is 3.09 bits per heavy atom. The molecule has 2 saturated heterocycles. The minimum atomic E-state index is -0.0714. The highest BCUT2D eigenvalue weighted by Gasteiger charge is 2.33. The van der Waals surface area contributed by atoms with Gasteiger partial charge in [-0.1, -0.05) is 6.07 Å². The fraction of sp³-hybridized carbons (Fsp3) is 0.600. The van der Waals surface area contributed by atoms with Gasteiger partial charge in [0.2, 0.25) is 11.8 Å². The first-order chi connectivity index (χ1) is 10.7. The highest BCUT2D eigenvalue weighted by Crippen LogP contribution is 2.20. The number of hydrogen-bond acceptors (Lipinski definition) is 5. The van der Waals surface area contributed by atoms with E-state index in [1.807, 2.05) is 34.2 Å². The summed E-state index contributed by atoms with van der Waals surface area (Å²) in [4.78, 5) is 27.2. The number of thiophene rings is 1. The Hall–Kier alpha value is -1.05. The van der Waals surface area contributed by atoms with E-state index >= 15 is 0 Å². The maximum atomic E-state index is 12.3. The summed E-state index contributed by atoms with van der Waals surface area (Å²) in [6.07, 6.45) is 1.27. The molecule has 5 nitrogen and oxygen atoms in total. The van der Waals surface area contributed by atoms with Gasteiger partial charge in [-0.05, 0) is 23.8 Å². The van der Waals surface area contributed by atoms with Crippen LogP contribution in [0.4, 0.5) is 0 Å². The number of rotatable bonds is 5. The molecule has 7 heteroatoms. The molecule has 120 valence electrons. The second-order valence-electron chi connectivity index (χ2n) is 5.76. The Morgan fingerprint density at radius 1 is 1.45 bits per heavy atom. The molecule has 0 aromatic carbocycles. The van der Waals surface area contributed by atoms with Crippen molar-refractivity contribution in [3.8, 4) is 0 Å². The zero-order valence-corrected chi connectivity index (χ0v) is 14.0. The van der Waals surface area contributed by atoms with Gasteiger partial charge in [-0.15, -0.1) is 23.1 Å². The predicted molar refractivity (Wildman–Crippen MR) is 90.0 cm³/mol. The van der Waals surface area contributed by atoms with Crippen LogP contribution in [0.2, 0.25) is 0 Å². The molecule has 22 heavy (non-hydrogen) atoms. The Bertz CT molecular complexity index is 515. The lowest BCUT2D eigenvalue weighted by molar-refractivity contribution is -0.131. The van der Waals surface area contributed by atoms with Crippen molar-refractivity contribution in [1.29, 1.82) is 0 Å². The van der Waals surface area contributed by atoms with E-state index in [4.69, 9.17) is 0 Å². The molecule has 2 atom stereocenters. The second kappa shape index (κ2) is 7.48. The van der Waals surface area contributed by atoms with Gasteiger partial charge in [0, 0.05) is 30.3 Å². The monoisotopic (exact) mass is 339 g/mol. The van der Waals surface area contributed by atoms with Crippen LogP contribution in [0.15, 0.2) is 17.5 Å².